The standard InChI is InChI=1S/C18H29N/c1-19-18(14-5-3-2-4-6-14)17-15-8-12-7-13(10-15)11-16(17)9-12/h5,12-13,15-19H,2-4,6-11H2,1H3. The van der Waals surface area contributed by atoms with Crippen LogP contribution in [0.1, 0.15) is 57.8 Å². The molecule has 1 nitrogen and oxygen atoms in total. The molecule has 0 saturated heterocycles. The van der Waals surface area contributed by atoms with Gasteiger partial charge in [0, 0.05) is 6.04 Å². The van der Waals surface area contributed by atoms with Gasteiger partial charge in [0.25, 0.3) is 0 Å². The Morgan fingerprint density at radius 1 is 1.00 bits per heavy atom. The first-order valence-electron chi connectivity index (χ1n) is 8.71. The van der Waals surface area contributed by atoms with Crippen LogP contribution in [0.5, 0.6) is 0 Å². The Bertz CT molecular complexity index is 342. The minimum Gasteiger partial charge on any atom is -0.313 e. The maximum Gasteiger partial charge on any atom is 0.0310 e. The van der Waals surface area contributed by atoms with Crippen LogP contribution in [0.4, 0.5) is 0 Å². The molecule has 5 aliphatic rings. The molecule has 4 fully saturated rings. The summed E-state index contributed by atoms with van der Waals surface area (Å²) in [5.41, 5.74) is 1.77. The summed E-state index contributed by atoms with van der Waals surface area (Å²) in [7, 11) is 2.21. The Labute approximate surface area is 118 Å². The van der Waals surface area contributed by atoms with Crippen LogP contribution < -0.4 is 5.32 Å². The topological polar surface area (TPSA) is 12.0 Å². The molecule has 1 atom stereocenters. The van der Waals surface area contributed by atoms with Crippen molar-refractivity contribution in [3.8, 4) is 0 Å². The third-order valence-corrected chi connectivity index (χ3v) is 6.72. The number of nitrogens with one attached hydrogen (secondary N) is 1. The van der Waals surface area contributed by atoms with Crippen LogP contribution >= 0.6 is 0 Å². The van der Waals surface area contributed by atoms with E-state index in [1.807, 2.05) is 0 Å². The van der Waals surface area contributed by atoms with Crippen molar-refractivity contribution in [1.82, 2.24) is 5.32 Å². The monoisotopic (exact) mass is 259 g/mol. The summed E-state index contributed by atoms with van der Waals surface area (Å²) in [6.45, 7) is 0. The number of rotatable bonds is 3. The molecule has 0 amide bonds. The molecule has 1 unspecified atom stereocenters. The van der Waals surface area contributed by atoms with E-state index in [2.05, 4.69) is 18.4 Å². The second-order valence-electron chi connectivity index (χ2n) is 7.80. The molecule has 5 aliphatic carbocycles. The van der Waals surface area contributed by atoms with E-state index in [9.17, 15) is 0 Å². The van der Waals surface area contributed by atoms with Crippen molar-refractivity contribution >= 4 is 0 Å². The zero-order chi connectivity index (χ0) is 12.8. The molecule has 0 aromatic rings. The molecule has 0 spiro atoms. The van der Waals surface area contributed by atoms with Gasteiger partial charge < -0.3 is 5.32 Å². The van der Waals surface area contributed by atoms with Crippen molar-refractivity contribution in [2.45, 2.75) is 63.8 Å². The molecule has 1 heteroatoms. The normalized spacial score (nSPS) is 46.2. The molecule has 4 saturated carbocycles. The molecular formula is C18H29N. The summed E-state index contributed by atoms with van der Waals surface area (Å²) in [4.78, 5) is 0. The zero-order valence-electron chi connectivity index (χ0n) is 12.4. The van der Waals surface area contributed by atoms with Crippen molar-refractivity contribution in [2.24, 2.45) is 29.6 Å². The van der Waals surface area contributed by atoms with Gasteiger partial charge >= 0.3 is 0 Å². The molecule has 0 heterocycles. The highest BCUT2D eigenvalue weighted by Crippen LogP contribution is 2.58. The fourth-order valence-corrected chi connectivity index (χ4v) is 6.28. The Kier molecular flexibility index (Phi) is 3.22. The summed E-state index contributed by atoms with van der Waals surface area (Å²) in [6.07, 6.45) is 15.9. The lowest BCUT2D eigenvalue weighted by Gasteiger charge is -2.57. The minimum absolute atomic E-state index is 0.718. The van der Waals surface area contributed by atoms with Crippen LogP contribution in [-0.4, -0.2) is 13.1 Å². The number of likely N-dealkylation sites (N-methyl/N-ethyl adjacent to an activating group) is 1. The molecule has 0 aromatic carbocycles. The van der Waals surface area contributed by atoms with Crippen molar-refractivity contribution < 1.29 is 0 Å². The fraction of sp³-hybridized carbons (Fsp3) is 0.889. The molecule has 0 radical (unpaired) electrons. The Morgan fingerprint density at radius 2 is 1.68 bits per heavy atom. The van der Waals surface area contributed by atoms with Gasteiger partial charge in [0.1, 0.15) is 0 Å². The Hall–Kier alpha value is -0.300. The molecule has 19 heavy (non-hydrogen) atoms. The SMILES string of the molecule is CNC(C1=CCCCC1)C1C2CC3CC(C2)CC1C3. The highest BCUT2D eigenvalue weighted by atomic mass is 14.9. The van der Waals surface area contributed by atoms with Crippen LogP contribution in [0.15, 0.2) is 11.6 Å². The summed E-state index contributed by atoms with van der Waals surface area (Å²) >= 11 is 0. The predicted octanol–water partition coefficient (Wildman–Crippen LogP) is 4.15. The Balaban J connectivity index is 1.58. The van der Waals surface area contributed by atoms with Crippen molar-refractivity contribution in [3.05, 3.63) is 11.6 Å². The lowest BCUT2D eigenvalue weighted by Crippen LogP contribution is -2.53. The highest BCUT2D eigenvalue weighted by molar-refractivity contribution is 5.18. The van der Waals surface area contributed by atoms with Gasteiger partial charge in [-0.25, -0.2) is 0 Å². The highest BCUT2D eigenvalue weighted by Gasteiger charge is 2.50. The maximum atomic E-state index is 3.73. The van der Waals surface area contributed by atoms with Gasteiger partial charge in [-0.1, -0.05) is 11.6 Å². The van der Waals surface area contributed by atoms with E-state index in [1.165, 1.54) is 25.7 Å². The smallest absolute Gasteiger partial charge is 0.0310 e. The Morgan fingerprint density at radius 3 is 2.21 bits per heavy atom. The lowest BCUT2D eigenvalue weighted by atomic mass is 9.50. The van der Waals surface area contributed by atoms with E-state index < -0.39 is 0 Å². The zero-order valence-corrected chi connectivity index (χ0v) is 12.4. The first-order chi connectivity index (χ1) is 9.35. The summed E-state index contributed by atoms with van der Waals surface area (Å²) in [5.74, 6) is 5.29. The number of hydrogen-bond acceptors (Lipinski definition) is 1. The van der Waals surface area contributed by atoms with Gasteiger partial charge in [-0.05, 0) is 94.4 Å². The van der Waals surface area contributed by atoms with Crippen molar-refractivity contribution in [1.29, 1.82) is 0 Å². The molecule has 1 N–H and O–H groups in total. The van der Waals surface area contributed by atoms with Gasteiger partial charge in [0.15, 0.2) is 0 Å². The molecule has 106 valence electrons. The second kappa shape index (κ2) is 4.91. The molecule has 0 aliphatic heterocycles. The average molecular weight is 259 g/mol. The summed E-state index contributed by atoms with van der Waals surface area (Å²) in [6, 6.07) is 0.718. The summed E-state index contributed by atoms with van der Waals surface area (Å²) < 4.78 is 0. The van der Waals surface area contributed by atoms with Crippen LogP contribution in [0.25, 0.3) is 0 Å². The third-order valence-electron chi connectivity index (χ3n) is 6.72. The van der Waals surface area contributed by atoms with Crippen LogP contribution in [0.2, 0.25) is 0 Å². The van der Waals surface area contributed by atoms with E-state index in [-0.39, 0.29) is 0 Å². The number of allylic oxidation sites excluding steroid dienone is 1. The second-order valence-corrected chi connectivity index (χ2v) is 7.80. The third kappa shape index (κ3) is 2.09. The average Bonchev–Trinajstić information content (AvgIpc) is 2.43. The van der Waals surface area contributed by atoms with Gasteiger partial charge in [0.05, 0.1) is 0 Å². The maximum absolute atomic E-state index is 3.73. The largest absolute Gasteiger partial charge is 0.313 e. The van der Waals surface area contributed by atoms with E-state index in [0.29, 0.717) is 0 Å². The van der Waals surface area contributed by atoms with Crippen LogP contribution in [0, 0.1) is 29.6 Å². The molecule has 5 rings (SSSR count). The predicted molar refractivity (Wildman–Crippen MR) is 79.9 cm³/mol. The van der Waals surface area contributed by atoms with Gasteiger partial charge in [-0.15, -0.1) is 0 Å². The van der Waals surface area contributed by atoms with Crippen LogP contribution in [-0.2, 0) is 0 Å². The quantitative estimate of drug-likeness (QED) is 0.751. The summed E-state index contributed by atoms with van der Waals surface area (Å²) in [5, 5.41) is 3.73. The van der Waals surface area contributed by atoms with Crippen molar-refractivity contribution in [3.63, 3.8) is 0 Å². The van der Waals surface area contributed by atoms with E-state index >= 15 is 0 Å². The van der Waals surface area contributed by atoms with Crippen LogP contribution in [0.3, 0.4) is 0 Å². The molecule has 0 aromatic heterocycles. The van der Waals surface area contributed by atoms with Gasteiger partial charge in [-0.2, -0.15) is 0 Å². The minimum atomic E-state index is 0.718. The first-order valence-corrected chi connectivity index (χ1v) is 8.71. The lowest BCUT2D eigenvalue weighted by molar-refractivity contribution is -0.0464. The van der Waals surface area contributed by atoms with Gasteiger partial charge in [-0.3, -0.25) is 0 Å². The first kappa shape index (κ1) is 12.4. The molecule has 4 bridgehead atoms. The van der Waals surface area contributed by atoms with Gasteiger partial charge in [0.2, 0.25) is 0 Å². The van der Waals surface area contributed by atoms with E-state index in [4.69, 9.17) is 0 Å². The fourth-order valence-electron chi connectivity index (χ4n) is 6.28. The van der Waals surface area contributed by atoms with E-state index in [1.54, 1.807) is 37.7 Å². The number of hydrogen-bond donors (Lipinski definition) is 1. The van der Waals surface area contributed by atoms with E-state index in [0.717, 1.165) is 35.6 Å². The van der Waals surface area contributed by atoms with Crippen molar-refractivity contribution in [2.75, 3.05) is 7.05 Å². The molecular weight excluding hydrogens is 230 g/mol.